The molecule has 0 saturated heterocycles. The lowest BCUT2D eigenvalue weighted by molar-refractivity contribution is 0.262. The van der Waals surface area contributed by atoms with Crippen molar-refractivity contribution in [3.05, 3.63) is 66.7 Å². The van der Waals surface area contributed by atoms with Gasteiger partial charge >= 0.3 is 6.03 Å². The van der Waals surface area contributed by atoms with E-state index in [2.05, 4.69) is 15.6 Å². The second kappa shape index (κ2) is 7.93. The summed E-state index contributed by atoms with van der Waals surface area (Å²) in [5, 5.41) is 5.58. The number of nitrogens with zero attached hydrogens (tertiary/aromatic N) is 1. The van der Waals surface area contributed by atoms with Crippen LogP contribution in [-0.4, -0.2) is 25.2 Å². The molecule has 2 N–H and O–H groups in total. The maximum atomic E-state index is 12.4. The Morgan fingerprint density at radius 3 is 2.31 bits per heavy atom. The highest BCUT2D eigenvalue weighted by Gasteiger charge is 2.10. The summed E-state index contributed by atoms with van der Waals surface area (Å²) >= 11 is 0. The summed E-state index contributed by atoms with van der Waals surface area (Å²) in [6.45, 7) is 0. The summed E-state index contributed by atoms with van der Waals surface area (Å²) < 4.78 is 16.2. The van der Waals surface area contributed by atoms with Gasteiger partial charge in [0.25, 0.3) is 0 Å². The molecule has 0 aliphatic rings. The van der Waals surface area contributed by atoms with Crippen LogP contribution in [0.15, 0.2) is 71.1 Å². The van der Waals surface area contributed by atoms with Crippen LogP contribution in [0.2, 0.25) is 0 Å². The van der Waals surface area contributed by atoms with E-state index in [9.17, 15) is 4.79 Å². The van der Waals surface area contributed by atoms with Crippen molar-refractivity contribution in [1.82, 2.24) is 4.98 Å². The Bertz CT molecular complexity index is 1110. The molecule has 3 aromatic carbocycles. The topological polar surface area (TPSA) is 85.6 Å². The van der Waals surface area contributed by atoms with Crippen LogP contribution in [0.1, 0.15) is 0 Å². The average Bonchev–Trinajstić information content (AvgIpc) is 3.18. The Labute approximate surface area is 167 Å². The number of hydrogen-bond acceptors (Lipinski definition) is 5. The molecule has 1 aromatic heterocycles. The Kier molecular flexibility index (Phi) is 5.03. The first-order chi connectivity index (χ1) is 14.1. The third-order valence-electron chi connectivity index (χ3n) is 4.27. The molecule has 0 unspecified atom stereocenters. The van der Waals surface area contributed by atoms with E-state index in [1.807, 2.05) is 36.4 Å². The average molecular weight is 389 g/mol. The molecule has 146 valence electrons. The predicted molar refractivity (Wildman–Crippen MR) is 112 cm³/mol. The number of aromatic nitrogens is 1. The van der Waals surface area contributed by atoms with E-state index < -0.39 is 6.03 Å². The second-order valence-corrected chi connectivity index (χ2v) is 6.25. The zero-order valence-corrected chi connectivity index (χ0v) is 15.9. The zero-order chi connectivity index (χ0) is 20.2. The molecule has 29 heavy (non-hydrogen) atoms. The molecule has 4 aromatic rings. The number of benzene rings is 3. The van der Waals surface area contributed by atoms with Crippen LogP contribution in [0.25, 0.3) is 22.6 Å². The van der Waals surface area contributed by atoms with Gasteiger partial charge in [-0.1, -0.05) is 18.2 Å². The van der Waals surface area contributed by atoms with Gasteiger partial charge in [-0.2, -0.15) is 0 Å². The fraction of sp³-hybridized carbons (Fsp3) is 0.0909. The number of fused-ring (bicyclic) bond motifs is 1. The lowest BCUT2D eigenvalue weighted by Gasteiger charge is -2.11. The van der Waals surface area contributed by atoms with Gasteiger partial charge < -0.3 is 24.5 Å². The molecular weight excluding hydrogens is 370 g/mol. The van der Waals surface area contributed by atoms with Crippen molar-refractivity contribution in [2.45, 2.75) is 0 Å². The van der Waals surface area contributed by atoms with Crippen LogP contribution in [0.3, 0.4) is 0 Å². The molecule has 7 nitrogen and oxygen atoms in total. The monoisotopic (exact) mass is 389 g/mol. The van der Waals surface area contributed by atoms with Crippen molar-refractivity contribution in [1.29, 1.82) is 0 Å². The zero-order valence-electron chi connectivity index (χ0n) is 15.9. The Hall–Kier alpha value is -4.00. The first-order valence-corrected chi connectivity index (χ1v) is 8.92. The number of oxazole rings is 1. The van der Waals surface area contributed by atoms with Gasteiger partial charge in [0.15, 0.2) is 5.58 Å². The van der Waals surface area contributed by atoms with E-state index in [1.54, 1.807) is 44.6 Å². The molecule has 0 aliphatic carbocycles. The highest BCUT2D eigenvalue weighted by molar-refractivity contribution is 6.00. The molecule has 0 fully saturated rings. The quantitative estimate of drug-likeness (QED) is 0.493. The number of methoxy groups -OCH3 is 2. The smallest absolute Gasteiger partial charge is 0.323 e. The lowest BCUT2D eigenvalue weighted by atomic mass is 10.2. The minimum Gasteiger partial charge on any atom is -0.497 e. The van der Waals surface area contributed by atoms with Crippen LogP contribution >= 0.6 is 0 Å². The minimum atomic E-state index is -0.393. The van der Waals surface area contributed by atoms with Crippen molar-refractivity contribution in [2.24, 2.45) is 0 Å². The summed E-state index contributed by atoms with van der Waals surface area (Å²) in [5.41, 5.74) is 3.42. The maximum absolute atomic E-state index is 12.4. The normalized spacial score (nSPS) is 10.6. The highest BCUT2D eigenvalue weighted by Crippen LogP contribution is 2.27. The van der Waals surface area contributed by atoms with Crippen molar-refractivity contribution in [2.75, 3.05) is 24.9 Å². The molecule has 0 radical (unpaired) electrons. The van der Waals surface area contributed by atoms with Gasteiger partial charge in [0, 0.05) is 35.1 Å². The minimum absolute atomic E-state index is 0.393. The Balaban J connectivity index is 1.51. The number of nitrogens with one attached hydrogen (secondary N) is 2. The van der Waals surface area contributed by atoms with E-state index in [1.165, 1.54) is 0 Å². The highest BCUT2D eigenvalue weighted by atomic mass is 16.5. The van der Waals surface area contributed by atoms with Gasteiger partial charge in [-0.05, 0) is 30.3 Å². The molecule has 7 heteroatoms. The SMILES string of the molecule is COc1cc(NC(=O)Nc2cccc(-c3nc4ccccc4o3)c2)cc(OC)c1. The van der Waals surface area contributed by atoms with Gasteiger partial charge in [-0.15, -0.1) is 0 Å². The number of urea groups is 1. The van der Waals surface area contributed by atoms with Crippen molar-refractivity contribution >= 4 is 28.5 Å². The van der Waals surface area contributed by atoms with E-state index in [-0.39, 0.29) is 0 Å². The van der Waals surface area contributed by atoms with Gasteiger partial charge in [0.05, 0.1) is 14.2 Å². The molecule has 0 aliphatic heterocycles. The largest absolute Gasteiger partial charge is 0.497 e. The second-order valence-electron chi connectivity index (χ2n) is 6.25. The van der Waals surface area contributed by atoms with E-state index in [0.29, 0.717) is 34.3 Å². The van der Waals surface area contributed by atoms with Crippen LogP contribution < -0.4 is 20.1 Å². The summed E-state index contributed by atoms with van der Waals surface area (Å²) in [5.74, 6) is 1.66. The molecular formula is C22H19N3O4. The van der Waals surface area contributed by atoms with Crippen LogP contribution in [0.4, 0.5) is 16.2 Å². The fourth-order valence-corrected chi connectivity index (χ4v) is 2.90. The van der Waals surface area contributed by atoms with Gasteiger partial charge in [0.1, 0.15) is 17.0 Å². The predicted octanol–water partition coefficient (Wildman–Crippen LogP) is 5.16. The summed E-state index contributed by atoms with van der Waals surface area (Å²) in [4.78, 5) is 16.9. The number of para-hydroxylation sites is 2. The molecule has 1 heterocycles. The summed E-state index contributed by atoms with van der Waals surface area (Å²) in [6.07, 6.45) is 0. The summed E-state index contributed by atoms with van der Waals surface area (Å²) in [6, 6.07) is 19.6. The number of carbonyl (C=O) groups excluding carboxylic acids is 1. The fourth-order valence-electron chi connectivity index (χ4n) is 2.90. The molecule has 0 atom stereocenters. The van der Waals surface area contributed by atoms with E-state index in [4.69, 9.17) is 13.9 Å². The number of carbonyl (C=O) groups is 1. The molecule has 0 bridgehead atoms. The third-order valence-corrected chi connectivity index (χ3v) is 4.27. The van der Waals surface area contributed by atoms with Gasteiger partial charge in [0.2, 0.25) is 5.89 Å². The standard InChI is InChI=1S/C22H19N3O4/c1-27-17-11-16(12-18(13-17)28-2)24-22(26)23-15-7-5-6-14(10-15)21-25-19-8-3-4-9-20(19)29-21/h3-13H,1-2H3,(H2,23,24,26). The van der Waals surface area contributed by atoms with Crippen LogP contribution in [0, 0.1) is 0 Å². The molecule has 0 saturated carbocycles. The van der Waals surface area contributed by atoms with Gasteiger partial charge in [-0.3, -0.25) is 0 Å². The number of anilines is 2. The molecule has 4 rings (SSSR count). The summed E-state index contributed by atoms with van der Waals surface area (Å²) in [7, 11) is 3.10. The Morgan fingerprint density at radius 1 is 0.862 bits per heavy atom. The number of ether oxygens (including phenoxy) is 2. The van der Waals surface area contributed by atoms with Crippen LogP contribution in [-0.2, 0) is 0 Å². The molecule has 2 amide bonds. The first-order valence-electron chi connectivity index (χ1n) is 8.92. The van der Waals surface area contributed by atoms with E-state index in [0.717, 1.165) is 11.1 Å². The number of rotatable bonds is 5. The van der Waals surface area contributed by atoms with Gasteiger partial charge in [-0.25, -0.2) is 9.78 Å². The van der Waals surface area contributed by atoms with Crippen LogP contribution in [0.5, 0.6) is 11.5 Å². The van der Waals surface area contributed by atoms with E-state index >= 15 is 0 Å². The van der Waals surface area contributed by atoms with Crippen molar-refractivity contribution < 1.29 is 18.7 Å². The Morgan fingerprint density at radius 2 is 1.59 bits per heavy atom. The van der Waals surface area contributed by atoms with Crippen molar-refractivity contribution in [3.8, 4) is 23.0 Å². The third kappa shape index (κ3) is 4.14. The number of hydrogen-bond donors (Lipinski definition) is 2. The maximum Gasteiger partial charge on any atom is 0.323 e. The first kappa shape index (κ1) is 18.4. The van der Waals surface area contributed by atoms with Crippen molar-refractivity contribution in [3.63, 3.8) is 0 Å². The lowest BCUT2D eigenvalue weighted by Crippen LogP contribution is -2.19. The molecule has 0 spiro atoms. The number of amides is 2.